The SMILES string of the molecule is COc1ccc(S(=O)(=O)NC(=O)NC2C(OC(C)=O)OC(COC(C)=O)C(OC(C)=O)C2OC(C)=O)cc1. The Labute approximate surface area is 218 Å². The number of amides is 2. The molecule has 0 saturated carbocycles. The third-order valence-corrected chi connectivity index (χ3v) is 6.22. The number of sulfonamides is 1. The van der Waals surface area contributed by atoms with Crippen molar-refractivity contribution < 1.29 is 60.8 Å². The van der Waals surface area contributed by atoms with E-state index in [4.69, 9.17) is 28.4 Å². The quantitative estimate of drug-likeness (QED) is 0.297. The van der Waals surface area contributed by atoms with E-state index in [2.05, 4.69) is 5.32 Å². The minimum Gasteiger partial charge on any atom is -0.497 e. The van der Waals surface area contributed by atoms with Crippen LogP contribution in [0.15, 0.2) is 29.2 Å². The number of esters is 4. The van der Waals surface area contributed by atoms with E-state index in [1.807, 2.05) is 0 Å². The van der Waals surface area contributed by atoms with Crippen molar-refractivity contribution in [3.05, 3.63) is 24.3 Å². The molecule has 0 aliphatic carbocycles. The lowest BCUT2D eigenvalue weighted by atomic mass is 9.96. The number of carbonyl (C=O) groups is 5. The summed E-state index contributed by atoms with van der Waals surface area (Å²) in [6.07, 6.45) is -6.02. The average molecular weight is 561 g/mol. The molecule has 0 radical (unpaired) electrons. The summed E-state index contributed by atoms with van der Waals surface area (Å²) in [6, 6.07) is 2.22. The molecule has 1 aliphatic rings. The van der Waals surface area contributed by atoms with Gasteiger partial charge in [-0.15, -0.1) is 0 Å². The Kier molecular flexibility index (Phi) is 10.4. The normalized spacial score (nSPS) is 22.8. The number of methoxy groups -OCH3 is 1. The molecule has 210 valence electrons. The van der Waals surface area contributed by atoms with Gasteiger partial charge in [-0.3, -0.25) is 19.2 Å². The lowest BCUT2D eigenvalue weighted by molar-refractivity contribution is -0.270. The number of carbonyl (C=O) groups excluding carboxylic acids is 5. The molecule has 15 nitrogen and oxygen atoms in total. The Hall–Kier alpha value is -3.92. The zero-order valence-corrected chi connectivity index (χ0v) is 21.9. The van der Waals surface area contributed by atoms with Crippen LogP contribution in [-0.4, -0.2) is 82.7 Å². The molecule has 1 aromatic rings. The summed E-state index contributed by atoms with van der Waals surface area (Å²) in [5, 5.41) is 2.23. The van der Waals surface area contributed by atoms with Crippen LogP contribution in [-0.2, 0) is 52.9 Å². The fourth-order valence-electron chi connectivity index (χ4n) is 3.44. The summed E-state index contributed by atoms with van der Waals surface area (Å²) < 4.78 is 58.3. The highest BCUT2D eigenvalue weighted by Gasteiger charge is 2.52. The van der Waals surface area contributed by atoms with Gasteiger partial charge in [-0.1, -0.05) is 0 Å². The fraction of sp³-hybridized carbons (Fsp3) is 0.500. The van der Waals surface area contributed by atoms with E-state index in [-0.39, 0.29) is 4.90 Å². The van der Waals surface area contributed by atoms with Crippen molar-refractivity contribution in [3.8, 4) is 5.75 Å². The molecule has 1 saturated heterocycles. The van der Waals surface area contributed by atoms with Crippen LogP contribution in [0.4, 0.5) is 4.79 Å². The molecular formula is C22H28N2O13S. The first-order chi connectivity index (χ1) is 17.7. The summed E-state index contributed by atoms with van der Waals surface area (Å²) in [5.74, 6) is -2.96. The Morgan fingerprint density at radius 1 is 0.842 bits per heavy atom. The largest absolute Gasteiger partial charge is 0.497 e. The van der Waals surface area contributed by atoms with Gasteiger partial charge in [0.1, 0.15) is 24.5 Å². The Bertz CT molecular complexity index is 1150. The summed E-state index contributed by atoms with van der Waals surface area (Å²) in [5.41, 5.74) is 0. The maximum absolute atomic E-state index is 12.8. The molecule has 2 N–H and O–H groups in total. The molecule has 1 heterocycles. The molecule has 1 aromatic carbocycles. The molecule has 0 spiro atoms. The second-order valence-electron chi connectivity index (χ2n) is 7.88. The fourth-order valence-corrected chi connectivity index (χ4v) is 4.35. The van der Waals surface area contributed by atoms with E-state index in [9.17, 15) is 32.4 Å². The third kappa shape index (κ3) is 8.58. The van der Waals surface area contributed by atoms with E-state index < -0.39 is 77.2 Å². The van der Waals surface area contributed by atoms with Crippen molar-refractivity contribution in [2.45, 2.75) is 63.2 Å². The molecule has 5 atom stereocenters. The van der Waals surface area contributed by atoms with Crippen molar-refractivity contribution in [3.63, 3.8) is 0 Å². The first kappa shape index (κ1) is 30.3. The number of hydrogen-bond acceptors (Lipinski definition) is 13. The number of ether oxygens (including phenoxy) is 6. The van der Waals surface area contributed by atoms with Crippen molar-refractivity contribution in [2.24, 2.45) is 0 Å². The lowest BCUT2D eigenvalue weighted by Gasteiger charge is -2.44. The second kappa shape index (κ2) is 13.0. The van der Waals surface area contributed by atoms with Crippen LogP contribution < -0.4 is 14.8 Å². The first-order valence-corrected chi connectivity index (χ1v) is 12.5. The molecule has 0 aromatic heterocycles. The van der Waals surface area contributed by atoms with E-state index >= 15 is 0 Å². The number of hydrogen-bond donors (Lipinski definition) is 2. The van der Waals surface area contributed by atoms with Crippen molar-refractivity contribution >= 4 is 39.9 Å². The van der Waals surface area contributed by atoms with Crippen LogP contribution in [0.2, 0.25) is 0 Å². The van der Waals surface area contributed by atoms with Gasteiger partial charge in [0.05, 0.1) is 12.0 Å². The van der Waals surface area contributed by atoms with Gasteiger partial charge in [0.2, 0.25) is 6.29 Å². The van der Waals surface area contributed by atoms with Gasteiger partial charge in [-0.05, 0) is 24.3 Å². The highest BCUT2D eigenvalue weighted by atomic mass is 32.2. The maximum Gasteiger partial charge on any atom is 0.329 e. The highest BCUT2D eigenvalue weighted by molar-refractivity contribution is 7.90. The highest BCUT2D eigenvalue weighted by Crippen LogP contribution is 2.28. The summed E-state index contributed by atoms with van der Waals surface area (Å²) in [6.45, 7) is 3.69. The molecule has 2 rings (SSSR count). The molecule has 1 fully saturated rings. The van der Waals surface area contributed by atoms with E-state index in [0.717, 1.165) is 27.7 Å². The van der Waals surface area contributed by atoms with Crippen molar-refractivity contribution in [2.75, 3.05) is 13.7 Å². The Morgan fingerprint density at radius 2 is 1.39 bits per heavy atom. The van der Waals surface area contributed by atoms with Gasteiger partial charge in [0.15, 0.2) is 12.2 Å². The Balaban J connectivity index is 2.39. The number of urea groups is 1. The van der Waals surface area contributed by atoms with Crippen LogP contribution in [0.5, 0.6) is 5.75 Å². The zero-order chi connectivity index (χ0) is 28.6. The molecule has 38 heavy (non-hydrogen) atoms. The monoisotopic (exact) mass is 560 g/mol. The van der Waals surface area contributed by atoms with Crippen LogP contribution in [0.25, 0.3) is 0 Å². The topological polar surface area (TPSA) is 199 Å². The smallest absolute Gasteiger partial charge is 0.329 e. The maximum atomic E-state index is 12.8. The van der Waals surface area contributed by atoms with Gasteiger partial charge in [0, 0.05) is 27.7 Å². The van der Waals surface area contributed by atoms with Gasteiger partial charge < -0.3 is 33.7 Å². The number of rotatable bonds is 9. The molecule has 0 bridgehead atoms. The summed E-state index contributed by atoms with van der Waals surface area (Å²) >= 11 is 0. The minimum absolute atomic E-state index is 0.277. The number of benzene rings is 1. The summed E-state index contributed by atoms with van der Waals surface area (Å²) in [4.78, 5) is 59.3. The van der Waals surface area contributed by atoms with Crippen LogP contribution in [0.3, 0.4) is 0 Å². The van der Waals surface area contributed by atoms with E-state index in [1.165, 1.54) is 31.4 Å². The van der Waals surface area contributed by atoms with Gasteiger partial charge in [-0.25, -0.2) is 17.9 Å². The molecule has 16 heteroatoms. The average Bonchev–Trinajstić information content (AvgIpc) is 2.80. The zero-order valence-electron chi connectivity index (χ0n) is 21.1. The molecule has 5 unspecified atom stereocenters. The molecular weight excluding hydrogens is 532 g/mol. The van der Waals surface area contributed by atoms with Gasteiger partial charge in [-0.2, -0.15) is 0 Å². The van der Waals surface area contributed by atoms with Crippen LogP contribution in [0, 0.1) is 0 Å². The lowest BCUT2D eigenvalue weighted by Crippen LogP contribution is -2.67. The van der Waals surface area contributed by atoms with E-state index in [0.29, 0.717) is 5.75 Å². The third-order valence-electron chi connectivity index (χ3n) is 4.88. The standard InChI is InChI=1S/C22H28N2O13S/c1-11(25)33-10-17-19(34-12(2)26)20(35-13(3)27)18(21(37-17)36-14(4)28)23-22(29)24-38(30,31)16-8-6-15(32-5)7-9-16/h6-9,17-21H,10H2,1-5H3,(H2,23,24,29). The van der Waals surface area contributed by atoms with Crippen molar-refractivity contribution in [1.29, 1.82) is 0 Å². The Morgan fingerprint density at radius 3 is 1.89 bits per heavy atom. The van der Waals surface area contributed by atoms with E-state index in [1.54, 1.807) is 4.72 Å². The second-order valence-corrected chi connectivity index (χ2v) is 9.57. The first-order valence-electron chi connectivity index (χ1n) is 11.0. The minimum atomic E-state index is -4.39. The molecule has 1 aliphatic heterocycles. The van der Waals surface area contributed by atoms with Crippen LogP contribution in [0.1, 0.15) is 27.7 Å². The van der Waals surface area contributed by atoms with Gasteiger partial charge >= 0.3 is 29.9 Å². The van der Waals surface area contributed by atoms with Gasteiger partial charge in [0.25, 0.3) is 10.0 Å². The summed E-state index contributed by atoms with van der Waals surface area (Å²) in [7, 11) is -3.01. The van der Waals surface area contributed by atoms with Crippen molar-refractivity contribution in [1.82, 2.24) is 10.0 Å². The molecule has 2 amide bonds. The van der Waals surface area contributed by atoms with Crippen LogP contribution >= 0.6 is 0 Å². The predicted molar refractivity (Wildman–Crippen MR) is 124 cm³/mol. The number of nitrogens with one attached hydrogen (secondary N) is 2. The predicted octanol–water partition coefficient (Wildman–Crippen LogP) is -0.234.